The summed E-state index contributed by atoms with van der Waals surface area (Å²) in [6.45, 7) is 0.0976. The summed E-state index contributed by atoms with van der Waals surface area (Å²) in [7, 11) is 0. The Labute approximate surface area is 201 Å². The van der Waals surface area contributed by atoms with Gasteiger partial charge >= 0.3 is 0 Å². The molecule has 3 aromatic heterocycles. The van der Waals surface area contributed by atoms with Crippen LogP contribution in [0.25, 0.3) is 11.0 Å². The van der Waals surface area contributed by atoms with Crippen molar-refractivity contribution in [3.63, 3.8) is 0 Å². The maximum absolute atomic E-state index is 13.8. The zero-order valence-corrected chi connectivity index (χ0v) is 18.7. The predicted molar refractivity (Wildman–Crippen MR) is 129 cm³/mol. The molecule has 5 aromatic rings. The lowest BCUT2D eigenvalue weighted by Crippen LogP contribution is -2.45. The van der Waals surface area contributed by atoms with Crippen LogP contribution in [0, 0.1) is 0 Å². The largest absolute Gasteiger partial charge is 0.467 e. The molecule has 0 aliphatic rings. The molecule has 9 nitrogen and oxygen atoms in total. The molecule has 35 heavy (non-hydrogen) atoms. The first kappa shape index (κ1) is 22.0. The van der Waals surface area contributed by atoms with Crippen LogP contribution in [-0.2, 0) is 22.7 Å². The second-order valence-corrected chi connectivity index (χ2v) is 7.82. The van der Waals surface area contributed by atoms with Crippen molar-refractivity contribution in [1.82, 2.24) is 25.3 Å². The molecule has 0 spiro atoms. The van der Waals surface area contributed by atoms with Crippen molar-refractivity contribution in [2.45, 2.75) is 19.1 Å². The van der Waals surface area contributed by atoms with Gasteiger partial charge < -0.3 is 9.73 Å². The Hall–Kier alpha value is -4.79. The van der Waals surface area contributed by atoms with E-state index < -0.39 is 6.04 Å². The number of carbonyl (C=O) groups excluding carboxylic acids is 2. The SMILES string of the molecule is O=C(NCc1ccco1)[C@H](c1ccncc1)N(C(=O)Cn1nnc2ccccc21)c1ccccc1. The number of amides is 2. The van der Waals surface area contributed by atoms with Gasteiger partial charge in [-0.05, 0) is 54.1 Å². The molecule has 0 unspecified atom stereocenters. The highest BCUT2D eigenvalue weighted by Gasteiger charge is 2.33. The maximum Gasteiger partial charge on any atom is 0.249 e. The molecule has 1 N–H and O–H groups in total. The van der Waals surface area contributed by atoms with Gasteiger partial charge in [-0.15, -0.1) is 5.10 Å². The average molecular weight is 467 g/mol. The molecular weight excluding hydrogens is 444 g/mol. The number of para-hydroxylation sites is 2. The molecule has 0 saturated carbocycles. The van der Waals surface area contributed by atoms with Crippen molar-refractivity contribution in [3.8, 4) is 0 Å². The van der Waals surface area contributed by atoms with E-state index >= 15 is 0 Å². The van der Waals surface area contributed by atoms with E-state index in [9.17, 15) is 9.59 Å². The van der Waals surface area contributed by atoms with Crippen molar-refractivity contribution in [1.29, 1.82) is 0 Å². The first-order chi connectivity index (χ1) is 17.2. The Morgan fingerprint density at radius 3 is 2.49 bits per heavy atom. The topological polar surface area (TPSA) is 106 Å². The van der Waals surface area contributed by atoms with Crippen LogP contribution in [0.4, 0.5) is 5.69 Å². The summed E-state index contributed by atoms with van der Waals surface area (Å²) < 4.78 is 6.89. The van der Waals surface area contributed by atoms with Crippen LogP contribution in [0.3, 0.4) is 0 Å². The molecule has 0 radical (unpaired) electrons. The Morgan fingerprint density at radius 2 is 1.71 bits per heavy atom. The summed E-state index contributed by atoms with van der Waals surface area (Å²) in [6.07, 6.45) is 4.74. The molecule has 0 bridgehead atoms. The van der Waals surface area contributed by atoms with Crippen molar-refractivity contribution in [2.75, 3.05) is 4.90 Å². The Bertz CT molecular complexity index is 1420. The van der Waals surface area contributed by atoms with Crippen LogP contribution >= 0.6 is 0 Å². The van der Waals surface area contributed by atoms with Crippen LogP contribution in [0.2, 0.25) is 0 Å². The number of aromatic nitrogens is 4. The molecule has 1 atom stereocenters. The van der Waals surface area contributed by atoms with Gasteiger partial charge in [0, 0.05) is 18.1 Å². The minimum Gasteiger partial charge on any atom is -0.467 e. The number of nitrogens with one attached hydrogen (secondary N) is 1. The lowest BCUT2D eigenvalue weighted by molar-refractivity contribution is -0.127. The number of benzene rings is 2. The molecule has 0 aliphatic carbocycles. The fourth-order valence-electron chi connectivity index (χ4n) is 3.91. The Kier molecular flexibility index (Phi) is 6.29. The van der Waals surface area contributed by atoms with E-state index in [-0.39, 0.29) is 24.9 Å². The van der Waals surface area contributed by atoms with Crippen LogP contribution in [0.1, 0.15) is 17.4 Å². The number of rotatable bonds is 8. The van der Waals surface area contributed by atoms with E-state index in [1.807, 2.05) is 42.5 Å². The van der Waals surface area contributed by atoms with Gasteiger partial charge in [-0.3, -0.25) is 19.5 Å². The standard InChI is InChI=1S/C26H22N6O3/c33-24(18-31-23-11-5-4-10-22(23)29-30-31)32(20-7-2-1-3-8-20)25(19-12-14-27-15-13-19)26(34)28-17-21-9-6-16-35-21/h1-16,25H,17-18H2,(H,28,34)/t25-/m0/s1. The summed E-state index contributed by atoms with van der Waals surface area (Å²) in [4.78, 5) is 33.0. The monoisotopic (exact) mass is 466 g/mol. The molecule has 174 valence electrons. The molecule has 0 aliphatic heterocycles. The second-order valence-electron chi connectivity index (χ2n) is 7.82. The van der Waals surface area contributed by atoms with E-state index in [1.54, 1.807) is 55.1 Å². The molecule has 0 saturated heterocycles. The second kappa shape index (κ2) is 10.0. The molecule has 9 heteroatoms. The quantitative estimate of drug-likeness (QED) is 0.375. The lowest BCUT2D eigenvalue weighted by Gasteiger charge is -2.31. The molecule has 2 aromatic carbocycles. The number of nitrogens with zero attached hydrogens (tertiary/aromatic N) is 5. The highest BCUT2D eigenvalue weighted by Crippen LogP contribution is 2.28. The van der Waals surface area contributed by atoms with Crippen molar-refractivity contribution in [3.05, 3.63) is 109 Å². The van der Waals surface area contributed by atoms with Gasteiger partial charge in [0.05, 0.1) is 18.3 Å². The third-order valence-corrected chi connectivity index (χ3v) is 5.55. The van der Waals surface area contributed by atoms with Crippen molar-refractivity contribution < 1.29 is 14.0 Å². The minimum absolute atomic E-state index is 0.0948. The maximum atomic E-state index is 13.8. The first-order valence-electron chi connectivity index (χ1n) is 11.1. The predicted octanol–water partition coefficient (Wildman–Crippen LogP) is 3.51. The lowest BCUT2D eigenvalue weighted by atomic mass is 10.0. The molecule has 5 rings (SSSR count). The summed E-state index contributed by atoms with van der Waals surface area (Å²) in [5, 5.41) is 11.2. The average Bonchev–Trinajstić information content (AvgIpc) is 3.57. The normalized spacial score (nSPS) is 11.8. The first-order valence-corrected chi connectivity index (χ1v) is 11.1. The van der Waals surface area contributed by atoms with E-state index in [0.717, 1.165) is 5.52 Å². The highest BCUT2D eigenvalue weighted by atomic mass is 16.3. The summed E-state index contributed by atoms with van der Waals surface area (Å²) in [6, 6.07) is 22.6. The number of fused-ring (bicyclic) bond motifs is 1. The fraction of sp³-hybridized carbons (Fsp3) is 0.115. The number of hydrogen-bond acceptors (Lipinski definition) is 6. The highest BCUT2D eigenvalue weighted by molar-refractivity contribution is 6.01. The van der Waals surface area contributed by atoms with Gasteiger partial charge in [-0.2, -0.15) is 0 Å². The van der Waals surface area contributed by atoms with E-state index in [0.29, 0.717) is 22.5 Å². The van der Waals surface area contributed by atoms with Crippen LogP contribution < -0.4 is 10.2 Å². The Morgan fingerprint density at radius 1 is 0.943 bits per heavy atom. The van der Waals surface area contributed by atoms with E-state index in [1.165, 1.54) is 9.58 Å². The van der Waals surface area contributed by atoms with Crippen LogP contribution in [0.5, 0.6) is 0 Å². The molecular formula is C26H22N6O3. The van der Waals surface area contributed by atoms with Crippen molar-refractivity contribution >= 4 is 28.5 Å². The van der Waals surface area contributed by atoms with Crippen molar-refractivity contribution in [2.24, 2.45) is 0 Å². The van der Waals surface area contributed by atoms with Crippen LogP contribution in [-0.4, -0.2) is 31.8 Å². The van der Waals surface area contributed by atoms with Gasteiger partial charge in [-0.25, -0.2) is 4.68 Å². The van der Waals surface area contributed by atoms with Gasteiger partial charge in [0.25, 0.3) is 0 Å². The minimum atomic E-state index is -0.947. The Balaban J connectivity index is 1.52. The zero-order valence-electron chi connectivity index (χ0n) is 18.7. The number of anilines is 1. The number of hydrogen-bond donors (Lipinski definition) is 1. The molecule has 2 amide bonds. The van der Waals surface area contributed by atoms with Gasteiger partial charge in [-0.1, -0.05) is 35.5 Å². The number of pyridine rings is 1. The third-order valence-electron chi connectivity index (χ3n) is 5.55. The summed E-state index contributed by atoms with van der Waals surface area (Å²) in [5.41, 5.74) is 2.62. The molecule has 0 fully saturated rings. The number of carbonyl (C=O) groups is 2. The summed E-state index contributed by atoms with van der Waals surface area (Å²) >= 11 is 0. The summed E-state index contributed by atoms with van der Waals surface area (Å²) in [5.74, 6) is -0.0615. The third kappa shape index (κ3) is 4.79. The van der Waals surface area contributed by atoms with Gasteiger partial charge in [0.1, 0.15) is 23.9 Å². The fourth-order valence-corrected chi connectivity index (χ4v) is 3.91. The van der Waals surface area contributed by atoms with Gasteiger partial charge in [0.15, 0.2) is 0 Å². The zero-order chi connectivity index (χ0) is 24.0. The van der Waals surface area contributed by atoms with Gasteiger partial charge in [0.2, 0.25) is 11.8 Å². The van der Waals surface area contributed by atoms with E-state index in [2.05, 4.69) is 20.6 Å². The van der Waals surface area contributed by atoms with E-state index in [4.69, 9.17) is 4.42 Å². The van der Waals surface area contributed by atoms with Crippen LogP contribution in [0.15, 0.2) is 102 Å². The smallest absolute Gasteiger partial charge is 0.249 e. The number of furan rings is 1. The molecule has 3 heterocycles.